The molecule has 3 aromatic rings. The molecule has 0 unspecified atom stereocenters. The molecular formula is C25H29N3O4. The number of hydrogen-bond acceptors (Lipinski definition) is 4. The average Bonchev–Trinajstić information content (AvgIpc) is 3.18. The molecule has 1 heterocycles. The van der Waals surface area contributed by atoms with Crippen LogP contribution in [0.2, 0.25) is 0 Å². The third-order valence-electron chi connectivity index (χ3n) is 5.22. The fraction of sp³-hybridized carbons (Fsp3) is 0.320. The van der Waals surface area contributed by atoms with Crippen LogP contribution in [0.15, 0.2) is 54.7 Å². The molecule has 7 heteroatoms. The quantitative estimate of drug-likeness (QED) is 0.450. The van der Waals surface area contributed by atoms with Crippen LogP contribution in [0.4, 0.5) is 0 Å². The van der Waals surface area contributed by atoms with E-state index in [0.717, 1.165) is 22.0 Å². The zero-order chi connectivity index (χ0) is 23.1. The lowest BCUT2D eigenvalue weighted by atomic mass is 10.0. The normalized spacial score (nSPS) is 11.9. The van der Waals surface area contributed by atoms with E-state index in [0.29, 0.717) is 18.5 Å². The van der Waals surface area contributed by atoms with Gasteiger partial charge in [-0.2, -0.15) is 0 Å². The molecule has 0 bridgehead atoms. The lowest BCUT2D eigenvalue weighted by molar-refractivity contribution is -0.151. The van der Waals surface area contributed by atoms with E-state index in [1.807, 2.05) is 57.3 Å². The monoisotopic (exact) mass is 435 g/mol. The fourth-order valence-corrected chi connectivity index (χ4v) is 3.46. The largest absolute Gasteiger partial charge is 0.454 e. The van der Waals surface area contributed by atoms with Gasteiger partial charge < -0.3 is 20.4 Å². The lowest BCUT2D eigenvalue weighted by Gasteiger charge is -2.21. The maximum Gasteiger partial charge on any atom is 0.329 e. The molecule has 0 aliphatic rings. The van der Waals surface area contributed by atoms with Crippen LogP contribution in [0.1, 0.15) is 35.3 Å². The van der Waals surface area contributed by atoms with Crippen LogP contribution in [0.3, 0.4) is 0 Å². The van der Waals surface area contributed by atoms with Crippen molar-refractivity contribution in [2.45, 2.75) is 33.2 Å². The zero-order valence-electron chi connectivity index (χ0n) is 18.6. The molecule has 2 amide bonds. The standard InChI is InChI=1S/C25H29N3O4/c1-16(2)23(28-24(30)18-8-6-7-17(3)13-18)25(31)32-15-22(29)26-12-11-19-14-27-21-10-5-4-9-20(19)21/h4-10,13-14,16,23,27H,11-12,15H2,1-3H3,(H,26,29)(H,28,30)/t23-/m0/s1. The minimum absolute atomic E-state index is 0.193. The van der Waals surface area contributed by atoms with Gasteiger partial charge in [0.2, 0.25) is 0 Å². The van der Waals surface area contributed by atoms with Crippen LogP contribution >= 0.6 is 0 Å². The predicted octanol–water partition coefficient (Wildman–Crippen LogP) is 3.13. The summed E-state index contributed by atoms with van der Waals surface area (Å²) >= 11 is 0. The smallest absolute Gasteiger partial charge is 0.329 e. The van der Waals surface area contributed by atoms with E-state index >= 15 is 0 Å². The van der Waals surface area contributed by atoms with Crippen molar-refractivity contribution in [2.75, 3.05) is 13.2 Å². The number of carbonyl (C=O) groups excluding carboxylic acids is 3. The maximum absolute atomic E-state index is 12.5. The summed E-state index contributed by atoms with van der Waals surface area (Å²) in [5.74, 6) is -1.56. The SMILES string of the molecule is Cc1cccc(C(=O)N[C@H](C(=O)OCC(=O)NCCc2c[nH]c3ccccc23)C(C)C)c1. The van der Waals surface area contributed by atoms with Crippen LogP contribution < -0.4 is 10.6 Å². The van der Waals surface area contributed by atoms with Gasteiger partial charge in [-0.3, -0.25) is 9.59 Å². The van der Waals surface area contributed by atoms with Crippen molar-refractivity contribution in [3.63, 3.8) is 0 Å². The lowest BCUT2D eigenvalue weighted by Crippen LogP contribution is -2.46. The molecule has 32 heavy (non-hydrogen) atoms. The van der Waals surface area contributed by atoms with Crippen molar-refractivity contribution in [1.29, 1.82) is 0 Å². The number of aromatic amines is 1. The first-order valence-corrected chi connectivity index (χ1v) is 10.7. The molecule has 0 aliphatic heterocycles. The molecule has 0 fully saturated rings. The van der Waals surface area contributed by atoms with Gasteiger partial charge in [-0.05, 0) is 43.0 Å². The topological polar surface area (TPSA) is 100 Å². The van der Waals surface area contributed by atoms with Gasteiger partial charge in [0.15, 0.2) is 6.61 Å². The molecule has 1 aromatic heterocycles. The zero-order valence-corrected chi connectivity index (χ0v) is 18.6. The first kappa shape index (κ1) is 23.1. The first-order chi connectivity index (χ1) is 15.3. The number of ether oxygens (including phenoxy) is 1. The van der Waals surface area contributed by atoms with E-state index in [1.54, 1.807) is 18.2 Å². The van der Waals surface area contributed by atoms with E-state index in [-0.39, 0.29) is 17.7 Å². The van der Waals surface area contributed by atoms with E-state index < -0.39 is 18.6 Å². The molecule has 2 aromatic carbocycles. The number of aryl methyl sites for hydroxylation is 1. The number of carbonyl (C=O) groups is 3. The summed E-state index contributed by atoms with van der Waals surface area (Å²) in [5.41, 5.74) is 3.58. The second-order valence-corrected chi connectivity index (χ2v) is 8.13. The summed E-state index contributed by atoms with van der Waals surface area (Å²) in [6.45, 7) is 5.54. The third kappa shape index (κ3) is 5.97. The predicted molar refractivity (Wildman–Crippen MR) is 123 cm³/mol. The van der Waals surface area contributed by atoms with Crippen molar-refractivity contribution < 1.29 is 19.1 Å². The summed E-state index contributed by atoms with van der Waals surface area (Å²) in [6, 6.07) is 14.2. The van der Waals surface area contributed by atoms with Crippen LogP contribution in [0, 0.1) is 12.8 Å². The molecule has 7 nitrogen and oxygen atoms in total. The van der Waals surface area contributed by atoms with E-state index in [1.165, 1.54) is 0 Å². The van der Waals surface area contributed by atoms with Gasteiger partial charge in [0.25, 0.3) is 11.8 Å². The number of hydrogen-bond donors (Lipinski definition) is 3. The Hall–Kier alpha value is -3.61. The summed E-state index contributed by atoms with van der Waals surface area (Å²) in [6.07, 6.45) is 2.59. The number of rotatable bonds is 9. The highest BCUT2D eigenvalue weighted by atomic mass is 16.5. The van der Waals surface area contributed by atoms with Crippen LogP contribution in [-0.4, -0.2) is 42.0 Å². The molecule has 0 saturated carbocycles. The van der Waals surface area contributed by atoms with Gasteiger partial charge >= 0.3 is 5.97 Å². The number of benzene rings is 2. The van der Waals surface area contributed by atoms with Gasteiger partial charge in [-0.25, -0.2) is 4.79 Å². The summed E-state index contributed by atoms with van der Waals surface area (Å²) < 4.78 is 5.17. The van der Waals surface area contributed by atoms with E-state index in [2.05, 4.69) is 15.6 Å². The first-order valence-electron chi connectivity index (χ1n) is 10.7. The number of nitrogens with one attached hydrogen (secondary N) is 3. The molecule has 0 spiro atoms. The Kier molecular flexibility index (Phi) is 7.65. The molecule has 0 radical (unpaired) electrons. The van der Waals surface area contributed by atoms with Crippen molar-refractivity contribution in [1.82, 2.24) is 15.6 Å². The molecule has 168 valence electrons. The van der Waals surface area contributed by atoms with E-state index in [4.69, 9.17) is 4.74 Å². The minimum Gasteiger partial charge on any atom is -0.454 e. The van der Waals surface area contributed by atoms with Gasteiger partial charge in [-0.15, -0.1) is 0 Å². The third-order valence-corrected chi connectivity index (χ3v) is 5.22. The Morgan fingerprint density at radius 2 is 1.84 bits per heavy atom. The highest BCUT2D eigenvalue weighted by Crippen LogP contribution is 2.17. The van der Waals surface area contributed by atoms with Gasteiger partial charge in [-0.1, -0.05) is 49.7 Å². The Morgan fingerprint density at radius 3 is 2.59 bits per heavy atom. The Balaban J connectivity index is 1.46. The van der Waals surface area contributed by atoms with Crippen molar-refractivity contribution in [3.05, 3.63) is 71.4 Å². The number of fused-ring (bicyclic) bond motifs is 1. The van der Waals surface area contributed by atoms with E-state index in [9.17, 15) is 14.4 Å². The average molecular weight is 436 g/mol. The number of amides is 2. The fourth-order valence-electron chi connectivity index (χ4n) is 3.46. The molecule has 0 aliphatic carbocycles. The van der Waals surface area contributed by atoms with Gasteiger partial charge in [0.1, 0.15) is 6.04 Å². The Morgan fingerprint density at radius 1 is 1.06 bits per heavy atom. The van der Waals surface area contributed by atoms with Crippen LogP contribution in [0.25, 0.3) is 10.9 Å². The Labute approximate surface area is 187 Å². The highest BCUT2D eigenvalue weighted by Gasteiger charge is 2.26. The van der Waals surface area contributed by atoms with Gasteiger partial charge in [0.05, 0.1) is 0 Å². The summed E-state index contributed by atoms with van der Waals surface area (Å²) in [5, 5.41) is 6.60. The number of para-hydroxylation sites is 1. The molecule has 0 saturated heterocycles. The van der Waals surface area contributed by atoms with Crippen LogP contribution in [0.5, 0.6) is 0 Å². The summed E-state index contributed by atoms with van der Waals surface area (Å²) in [7, 11) is 0. The van der Waals surface area contributed by atoms with Crippen LogP contribution in [-0.2, 0) is 20.7 Å². The highest BCUT2D eigenvalue weighted by molar-refractivity contribution is 5.97. The molecule has 1 atom stereocenters. The van der Waals surface area contributed by atoms with Gasteiger partial charge in [0, 0.05) is 29.2 Å². The molecule has 3 rings (SSSR count). The number of H-pyrrole nitrogens is 1. The molecule has 3 N–H and O–H groups in total. The van der Waals surface area contributed by atoms with Crippen molar-refractivity contribution in [3.8, 4) is 0 Å². The minimum atomic E-state index is -0.845. The van der Waals surface area contributed by atoms with Crippen molar-refractivity contribution in [2.24, 2.45) is 5.92 Å². The second-order valence-electron chi connectivity index (χ2n) is 8.13. The van der Waals surface area contributed by atoms with Crippen molar-refractivity contribution >= 4 is 28.7 Å². The number of esters is 1. The summed E-state index contributed by atoms with van der Waals surface area (Å²) in [4.78, 5) is 40.3. The number of aromatic nitrogens is 1. The molecular weight excluding hydrogens is 406 g/mol. The second kappa shape index (κ2) is 10.6. The maximum atomic E-state index is 12.5. The Bertz CT molecular complexity index is 1100.